The molecule has 0 bridgehead atoms. The van der Waals surface area contributed by atoms with E-state index in [0.717, 1.165) is 16.5 Å². The first-order valence-electron chi connectivity index (χ1n) is 8.89. The van der Waals surface area contributed by atoms with Crippen molar-refractivity contribution < 1.29 is 22.7 Å². The second kappa shape index (κ2) is 6.84. The Labute approximate surface area is 164 Å². The van der Waals surface area contributed by atoms with Crippen LogP contribution in [0.2, 0.25) is 0 Å². The van der Waals surface area contributed by atoms with Crippen LogP contribution in [-0.4, -0.2) is 16.8 Å². The fourth-order valence-corrected chi connectivity index (χ4v) is 3.66. The van der Waals surface area contributed by atoms with Crippen LogP contribution in [0.15, 0.2) is 60.7 Å². The highest BCUT2D eigenvalue weighted by Crippen LogP contribution is 2.34. The van der Waals surface area contributed by atoms with E-state index < -0.39 is 12.3 Å². The molecular formula is C22H17F3N2O2. The molecule has 4 nitrogen and oxygen atoms in total. The van der Waals surface area contributed by atoms with E-state index in [0.29, 0.717) is 22.0 Å². The van der Waals surface area contributed by atoms with Gasteiger partial charge in [0.2, 0.25) is 5.91 Å². The van der Waals surface area contributed by atoms with Crippen LogP contribution in [-0.2, 0) is 6.54 Å². The zero-order valence-electron chi connectivity index (χ0n) is 15.5. The molecule has 148 valence electrons. The number of benzene rings is 3. The van der Waals surface area contributed by atoms with E-state index in [1.54, 1.807) is 24.3 Å². The minimum absolute atomic E-state index is 0.137. The van der Waals surface area contributed by atoms with Crippen LogP contribution in [0.3, 0.4) is 0 Å². The molecule has 0 aliphatic carbocycles. The lowest BCUT2D eigenvalue weighted by Gasteiger charge is -2.15. The second-order valence-electron chi connectivity index (χ2n) is 6.83. The number of hydrogen-bond acceptors (Lipinski definition) is 2. The highest BCUT2D eigenvalue weighted by atomic mass is 19.4. The van der Waals surface area contributed by atoms with Crippen LogP contribution in [0, 0.1) is 6.92 Å². The van der Waals surface area contributed by atoms with Crippen LogP contribution in [0.25, 0.3) is 21.8 Å². The van der Waals surface area contributed by atoms with E-state index >= 15 is 0 Å². The molecule has 4 aromatic rings. The summed E-state index contributed by atoms with van der Waals surface area (Å²) in [6.45, 7) is 2.06. The highest BCUT2D eigenvalue weighted by molar-refractivity contribution is 6.17. The van der Waals surface area contributed by atoms with Crippen LogP contribution in [0.5, 0.6) is 5.75 Å². The van der Waals surface area contributed by atoms with Gasteiger partial charge in [-0.1, -0.05) is 36.4 Å². The Morgan fingerprint density at radius 3 is 2.52 bits per heavy atom. The number of nitrogens with zero attached hydrogens (tertiary/aromatic N) is 1. The van der Waals surface area contributed by atoms with Gasteiger partial charge in [0.15, 0.2) is 0 Å². The van der Waals surface area contributed by atoms with Crippen molar-refractivity contribution in [3.05, 3.63) is 77.4 Å². The van der Waals surface area contributed by atoms with E-state index in [9.17, 15) is 18.0 Å². The quantitative estimate of drug-likeness (QED) is 0.517. The number of primary amides is 1. The average Bonchev–Trinajstić information content (AvgIpc) is 2.95. The van der Waals surface area contributed by atoms with Crippen molar-refractivity contribution in [2.75, 3.05) is 0 Å². The Morgan fingerprint density at radius 1 is 1.03 bits per heavy atom. The summed E-state index contributed by atoms with van der Waals surface area (Å²) in [5, 5.41) is 1.50. The van der Waals surface area contributed by atoms with Gasteiger partial charge in [-0.05, 0) is 36.8 Å². The van der Waals surface area contributed by atoms with Gasteiger partial charge >= 0.3 is 6.36 Å². The van der Waals surface area contributed by atoms with Crippen LogP contribution >= 0.6 is 0 Å². The third-order valence-electron chi connectivity index (χ3n) is 4.84. The topological polar surface area (TPSA) is 57.2 Å². The number of rotatable bonds is 4. The molecule has 0 radical (unpaired) electrons. The summed E-state index contributed by atoms with van der Waals surface area (Å²) < 4.78 is 44.5. The molecular weight excluding hydrogens is 381 g/mol. The van der Waals surface area contributed by atoms with Gasteiger partial charge < -0.3 is 15.0 Å². The number of nitrogens with two attached hydrogens (primary N) is 1. The summed E-state index contributed by atoms with van der Waals surface area (Å²) in [6, 6.07) is 17.0. The fourth-order valence-electron chi connectivity index (χ4n) is 3.66. The SMILES string of the molecule is Cc1ccc2c3c(C(N)=O)cccc3n(Cc3ccccc3OC(F)(F)F)c2c1. The zero-order valence-corrected chi connectivity index (χ0v) is 15.5. The molecule has 0 atom stereocenters. The van der Waals surface area contributed by atoms with Gasteiger partial charge in [0, 0.05) is 27.4 Å². The number of aromatic nitrogens is 1. The van der Waals surface area contributed by atoms with Crippen molar-refractivity contribution in [3.63, 3.8) is 0 Å². The molecule has 4 rings (SSSR count). The molecule has 0 aliphatic heterocycles. The Bertz CT molecular complexity index is 1240. The lowest BCUT2D eigenvalue weighted by Crippen LogP contribution is -2.18. The lowest BCUT2D eigenvalue weighted by molar-refractivity contribution is -0.274. The van der Waals surface area contributed by atoms with Gasteiger partial charge in [0.25, 0.3) is 0 Å². The zero-order chi connectivity index (χ0) is 20.8. The van der Waals surface area contributed by atoms with E-state index in [1.165, 1.54) is 12.1 Å². The van der Waals surface area contributed by atoms with Gasteiger partial charge in [-0.2, -0.15) is 0 Å². The Balaban J connectivity index is 1.96. The van der Waals surface area contributed by atoms with Gasteiger partial charge in [-0.15, -0.1) is 13.2 Å². The summed E-state index contributed by atoms with van der Waals surface area (Å²) in [4.78, 5) is 12.0. The first kappa shape index (κ1) is 18.9. The standard InChI is InChI=1S/C22H17F3N2O2/c1-13-9-10-15-18(11-13)27(17-7-4-6-16(20(15)17)21(26)28)12-14-5-2-3-8-19(14)29-22(23,24)25/h2-11H,12H2,1H3,(H2,26,28). The summed E-state index contributed by atoms with van der Waals surface area (Å²) in [6.07, 6.45) is -4.79. The number of carbonyl (C=O) groups is 1. The summed E-state index contributed by atoms with van der Waals surface area (Å²) in [5.41, 5.74) is 8.80. The number of alkyl halides is 3. The third kappa shape index (κ3) is 3.51. The van der Waals surface area contributed by atoms with Gasteiger partial charge in [-0.3, -0.25) is 4.79 Å². The molecule has 1 amide bonds. The van der Waals surface area contributed by atoms with Crippen molar-refractivity contribution in [3.8, 4) is 5.75 Å². The predicted octanol–water partition coefficient (Wildman–Crippen LogP) is 5.15. The first-order valence-corrected chi connectivity index (χ1v) is 8.89. The van der Waals surface area contributed by atoms with Gasteiger partial charge in [-0.25, -0.2) is 0 Å². The molecule has 1 aromatic heterocycles. The van der Waals surface area contributed by atoms with Gasteiger partial charge in [0.05, 0.1) is 12.1 Å². The second-order valence-corrected chi connectivity index (χ2v) is 6.83. The normalized spacial score (nSPS) is 11.9. The summed E-state index contributed by atoms with van der Waals surface area (Å²) in [7, 11) is 0. The molecule has 0 spiro atoms. The first-order chi connectivity index (χ1) is 13.7. The molecule has 2 N–H and O–H groups in total. The fraction of sp³-hybridized carbons (Fsp3) is 0.136. The molecule has 3 aromatic carbocycles. The Hall–Kier alpha value is -3.48. The summed E-state index contributed by atoms with van der Waals surface area (Å²) in [5.74, 6) is -0.815. The Kier molecular flexibility index (Phi) is 4.45. The van der Waals surface area contributed by atoms with E-state index in [-0.39, 0.29) is 12.3 Å². The molecule has 7 heteroatoms. The molecule has 0 unspecified atom stereocenters. The molecule has 0 fully saturated rings. The highest BCUT2D eigenvalue weighted by Gasteiger charge is 2.32. The number of carbonyl (C=O) groups excluding carboxylic acids is 1. The van der Waals surface area contributed by atoms with Crippen LogP contribution < -0.4 is 10.5 Å². The maximum Gasteiger partial charge on any atom is 0.573 e. The molecule has 29 heavy (non-hydrogen) atoms. The van der Waals surface area contributed by atoms with Crippen molar-refractivity contribution in [2.24, 2.45) is 5.73 Å². The van der Waals surface area contributed by atoms with E-state index in [4.69, 9.17) is 5.73 Å². The van der Waals surface area contributed by atoms with Crippen LogP contribution in [0.1, 0.15) is 21.5 Å². The van der Waals surface area contributed by atoms with Crippen molar-refractivity contribution >= 4 is 27.7 Å². The van der Waals surface area contributed by atoms with E-state index in [1.807, 2.05) is 35.8 Å². The third-order valence-corrected chi connectivity index (χ3v) is 4.84. The maximum absolute atomic E-state index is 12.8. The predicted molar refractivity (Wildman–Crippen MR) is 105 cm³/mol. The van der Waals surface area contributed by atoms with Gasteiger partial charge in [0.1, 0.15) is 5.75 Å². The number of fused-ring (bicyclic) bond motifs is 3. The average molecular weight is 398 g/mol. The molecule has 0 saturated heterocycles. The van der Waals surface area contributed by atoms with Crippen molar-refractivity contribution in [2.45, 2.75) is 19.8 Å². The number of halogens is 3. The number of ether oxygens (including phenoxy) is 1. The molecule has 1 heterocycles. The molecule has 0 saturated carbocycles. The number of hydrogen-bond donors (Lipinski definition) is 1. The number of para-hydroxylation sites is 1. The summed E-state index contributed by atoms with van der Waals surface area (Å²) >= 11 is 0. The number of aryl methyl sites for hydroxylation is 1. The largest absolute Gasteiger partial charge is 0.573 e. The monoisotopic (exact) mass is 398 g/mol. The van der Waals surface area contributed by atoms with Crippen LogP contribution in [0.4, 0.5) is 13.2 Å². The minimum Gasteiger partial charge on any atom is -0.405 e. The maximum atomic E-state index is 12.8. The minimum atomic E-state index is -4.79. The van der Waals surface area contributed by atoms with Crippen molar-refractivity contribution in [1.29, 1.82) is 0 Å². The Morgan fingerprint density at radius 2 is 1.79 bits per heavy atom. The lowest BCUT2D eigenvalue weighted by atomic mass is 10.1. The molecule has 0 aliphatic rings. The van der Waals surface area contributed by atoms with Crippen molar-refractivity contribution in [1.82, 2.24) is 4.57 Å². The number of amides is 1. The smallest absolute Gasteiger partial charge is 0.405 e. The van der Waals surface area contributed by atoms with E-state index in [2.05, 4.69) is 4.74 Å².